The highest BCUT2D eigenvalue weighted by atomic mass is 32.2. The molecule has 24 heavy (non-hydrogen) atoms. The van der Waals surface area contributed by atoms with E-state index in [1.165, 1.54) is 5.56 Å². The van der Waals surface area contributed by atoms with E-state index >= 15 is 0 Å². The van der Waals surface area contributed by atoms with E-state index in [0.717, 1.165) is 29.7 Å². The fraction of sp³-hybridized carbons (Fsp3) is 0.381. The molecule has 0 spiro atoms. The first kappa shape index (κ1) is 17.1. The Morgan fingerprint density at radius 3 is 2.38 bits per heavy atom. The van der Waals surface area contributed by atoms with Gasteiger partial charge in [0.25, 0.3) is 0 Å². The molecule has 1 unspecified atom stereocenters. The van der Waals surface area contributed by atoms with E-state index in [1.54, 1.807) is 0 Å². The Kier molecular flexibility index (Phi) is 5.62. The van der Waals surface area contributed by atoms with Crippen molar-refractivity contribution >= 4 is 16.6 Å². The van der Waals surface area contributed by atoms with Gasteiger partial charge in [-0.1, -0.05) is 54.4 Å². The molecule has 126 valence electrons. The van der Waals surface area contributed by atoms with Gasteiger partial charge in [-0.15, -0.1) is 0 Å². The Balaban J connectivity index is 1.62. The van der Waals surface area contributed by atoms with Crippen molar-refractivity contribution in [2.75, 3.05) is 5.75 Å². The number of carbonyl (C=O) groups excluding carboxylic acids is 1. The maximum Gasteiger partial charge on any atom is 0.163 e. The van der Waals surface area contributed by atoms with Crippen LogP contribution in [0.4, 0.5) is 0 Å². The zero-order valence-corrected chi connectivity index (χ0v) is 14.9. The van der Waals surface area contributed by atoms with E-state index in [2.05, 4.69) is 0 Å². The van der Waals surface area contributed by atoms with Crippen molar-refractivity contribution in [1.82, 2.24) is 0 Å². The van der Waals surface area contributed by atoms with Crippen molar-refractivity contribution < 1.29 is 9.00 Å². The van der Waals surface area contributed by atoms with Gasteiger partial charge in [-0.2, -0.15) is 0 Å². The third-order valence-electron chi connectivity index (χ3n) is 5.01. The van der Waals surface area contributed by atoms with E-state index in [-0.39, 0.29) is 5.78 Å². The summed E-state index contributed by atoms with van der Waals surface area (Å²) in [4.78, 5) is 13.4. The van der Waals surface area contributed by atoms with Gasteiger partial charge in [-0.05, 0) is 43.7 Å². The van der Waals surface area contributed by atoms with Crippen LogP contribution in [0.3, 0.4) is 0 Å². The molecular weight excluding hydrogens is 316 g/mol. The van der Waals surface area contributed by atoms with Gasteiger partial charge in [0.1, 0.15) is 0 Å². The maximum atomic E-state index is 12.6. The lowest BCUT2D eigenvalue weighted by atomic mass is 9.90. The van der Waals surface area contributed by atoms with Crippen molar-refractivity contribution in [2.24, 2.45) is 11.8 Å². The van der Waals surface area contributed by atoms with Crippen molar-refractivity contribution in [1.29, 1.82) is 0 Å². The van der Waals surface area contributed by atoms with Crippen LogP contribution in [0.1, 0.15) is 41.6 Å². The molecule has 0 N–H and O–H groups in total. The van der Waals surface area contributed by atoms with E-state index in [9.17, 15) is 9.00 Å². The molecule has 1 fully saturated rings. The number of aryl methyl sites for hydroxylation is 1. The topological polar surface area (TPSA) is 34.1 Å². The number of ketones is 1. The molecule has 2 aromatic carbocycles. The lowest BCUT2D eigenvalue weighted by Crippen LogP contribution is -2.19. The first-order valence-electron chi connectivity index (χ1n) is 8.67. The Hall–Kier alpha value is -1.74. The van der Waals surface area contributed by atoms with Gasteiger partial charge in [-0.3, -0.25) is 9.00 Å². The standard InChI is InChI=1S/C21H24O2S/c1-16-10-12-20(13-11-16)24(23)15-19-9-5-8-18(19)14-21(22)17-6-3-2-4-7-17/h2-4,6-7,10-13,18-19H,5,8-9,14-15H2,1H3/t18-,19-,24?/m0/s1. The summed E-state index contributed by atoms with van der Waals surface area (Å²) < 4.78 is 12.6. The predicted octanol–water partition coefficient (Wildman–Crippen LogP) is 4.79. The van der Waals surface area contributed by atoms with Gasteiger partial charge < -0.3 is 0 Å². The van der Waals surface area contributed by atoms with Crippen molar-refractivity contribution in [3.8, 4) is 0 Å². The fourth-order valence-corrected chi connectivity index (χ4v) is 5.02. The largest absolute Gasteiger partial charge is 0.294 e. The highest BCUT2D eigenvalue weighted by molar-refractivity contribution is 7.85. The van der Waals surface area contributed by atoms with Crippen LogP contribution in [0.5, 0.6) is 0 Å². The smallest absolute Gasteiger partial charge is 0.163 e. The summed E-state index contributed by atoms with van der Waals surface area (Å²) >= 11 is 0. The molecule has 0 saturated heterocycles. The summed E-state index contributed by atoms with van der Waals surface area (Å²) in [5, 5.41) is 0. The SMILES string of the molecule is Cc1ccc(S(=O)C[C@@H]2CCC[C@H]2CC(=O)c2ccccc2)cc1. The summed E-state index contributed by atoms with van der Waals surface area (Å²) in [6.07, 6.45) is 3.89. The third-order valence-corrected chi connectivity index (χ3v) is 6.54. The molecule has 0 aromatic heterocycles. The van der Waals surface area contributed by atoms with E-state index in [4.69, 9.17) is 0 Å². The van der Waals surface area contributed by atoms with Gasteiger partial charge in [0.15, 0.2) is 5.78 Å². The number of hydrogen-bond acceptors (Lipinski definition) is 2. The van der Waals surface area contributed by atoms with Gasteiger partial charge in [0.2, 0.25) is 0 Å². The number of carbonyl (C=O) groups is 1. The molecule has 0 heterocycles. The van der Waals surface area contributed by atoms with Crippen LogP contribution < -0.4 is 0 Å². The molecule has 3 heteroatoms. The number of Topliss-reactive ketones (excluding diaryl/α,β-unsaturated/α-hetero) is 1. The van der Waals surface area contributed by atoms with Gasteiger partial charge >= 0.3 is 0 Å². The first-order chi connectivity index (χ1) is 11.6. The Morgan fingerprint density at radius 2 is 1.67 bits per heavy atom. The summed E-state index contributed by atoms with van der Waals surface area (Å²) in [5.74, 6) is 1.65. The van der Waals surface area contributed by atoms with Gasteiger partial charge in [0, 0.05) is 22.6 Å². The number of rotatable bonds is 6. The summed E-state index contributed by atoms with van der Waals surface area (Å²) in [7, 11) is -0.973. The van der Waals surface area contributed by atoms with E-state index in [1.807, 2.05) is 61.5 Å². The third kappa shape index (κ3) is 4.21. The van der Waals surface area contributed by atoms with Crippen LogP contribution in [-0.4, -0.2) is 15.7 Å². The Morgan fingerprint density at radius 1 is 1.00 bits per heavy atom. The lowest BCUT2D eigenvalue weighted by Gasteiger charge is -2.18. The molecule has 0 bridgehead atoms. The van der Waals surface area contributed by atoms with Crippen LogP contribution in [-0.2, 0) is 10.8 Å². The van der Waals surface area contributed by atoms with Gasteiger partial charge in [0.05, 0.1) is 10.8 Å². The number of hydrogen-bond donors (Lipinski definition) is 0. The number of benzene rings is 2. The highest BCUT2D eigenvalue weighted by Gasteiger charge is 2.30. The Labute approximate surface area is 146 Å². The summed E-state index contributed by atoms with van der Waals surface area (Å²) in [6, 6.07) is 17.5. The molecule has 2 aromatic rings. The molecule has 2 nitrogen and oxygen atoms in total. The maximum absolute atomic E-state index is 12.6. The van der Waals surface area contributed by atoms with Crippen LogP contribution in [0.25, 0.3) is 0 Å². The predicted molar refractivity (Wildman–Crippen MR) is 98.7 cm³/mol. The second kappa shape index (κ2) is 7.89. The second-order valence-electron chi connectivity index (χ2n) is 6.77. The minimum Gasteiger partial charge on any atom is -0.294 e. The van der Waals surface area contributed by atoms with Crippen molar-refractivity contribution in [2.45, 2.75) is 37.5 Å². The van der Waals surface area contributed by atoms with Crippen LogP contribution in [0, 0.1) is 18.8 Å². The monoisotopic (exact) mass is 340 g/mol. The second-order valence-corrected chi connectivity index (χ2v) is 8.27. The average molecular weight is 340 g/mol. The molecular formula is C21H24O2S. The zero-order chi connectivity index (χ0) is 16.9. The van der Waals surface area contributed by atoms with Crippen molar-refractivity contribution in [3.63, 3.8) is 0 Å². The van der Waals surface area contributed by atoms with E-state index in [0.29, 0.717) is 24.0 Å². The lowest BCUT2D eigenvalue weighted by molar-refractivity contribution is 0.0953. The highest BCUT2D eigenvalue weighted by Crippen LogP contribution is 2.36. The molecule has 0 radical (unpaired) electrons. The average Bonchev–Trinajstić information content (AvgIpc) is 3.03. The molecule has 1 aliphatic carbocycles. The van der Waals surface area contributed by atoms with Gasteiger partial charge in [-0.25, -0.2) is 0 Å². The van der Waals surface area contributed by atoms with Crippen LogP contribution in [0.15, 0.2) is 59.5 Å². The summed E-state index contributed by atoms with van der Waals surface area (Å²) in [6.45, 7) is 2.04. The minimum absolute atomic E-state index is 0.216. The molecule has 3 atom stereocenters. The quantitative estimate of drug-likeness (QED) is 0.708. The zero-order valence-electron chi connectivity index (χ0n) is 14.1. The normalized spacial score (nSPS) is 21.5. The van der Waals surface area contributed by atoms with E-state index < -0.39 is 10.8 Å². The fourth-order valence-electron chi connectivity index (χ4n) is 3.56. The van der Waals surface area contributed by atoms with Crippen molar-refractivity contribution in [3.05, 3.63) is 65.7 Å². The summed E-state index contributed by atoms with van der Waals surface area (Å²) in [5.41, 5.74) is 1.98. The van der Waals surface area contributed by atoms with Crippen LogP contribution in [0.2, 0.25) is 0 Å². The minimum atomic E-state index is -0.973. The molecule has 1 aliphatic rings. The first-order valence-corrected chi connectivity index (χ1v) is 9.98. The van der Waals surface area contributed by atoms with Crippen LogP contribution >= 0.6 is 0 Å². The molecule has 0 aliphatic heterocycles. The Bertz CT molecular complexity index is 706. The molecule has 3 rings (SSSR count). The molecule has 1 saturated carbocycles. The molecule has 0 amide bonds.